The lowest BCUT2D eigenvalue weighted by Crippen LogP contribution is -2.30. The molecule has 1 aliphatic rings. The van der Waals surface area contributed by atoms with Crippen molar-refractivity contribution in [1.29, 1.82) is 0 Å². The molecular weight excluding hydrogens is 247 g/mol. The Morgan fingerprint density at radius 1 is 1.44 bits per heavy atom. The number of thioether (sulfide) groups is 1. The minimum atomic E-state index is -0.185. The normalized spacial score (nSPS) is 18.2. The van der Waals surface area contributed by atoms with E-state index < -0.39 is 0 Å². The van der Waals surface area contributed by atoms with Gasteiger partial charge in [0, 0.05) is 11.0 Å². The van der Waals surface area contributed by atoms with Crippen LogP contribution < -0.4 is 11.3 Å². The third-order valence-electron chi connectivity index (χ3n) is 3.61. The molecule has 0 aromatic heterocycles. The molecular formula is C14H21FN2S. The Labute approximate surface area is 112 Å². The van der Waals surface area contributed by atoms with Gasteiger partial charge in [-0.2, -0.15) is 11.8 Å². The van der Waals surface area contributed by atoms with Crippen LogP contribution in [0.4, 0.5) is 4.39 Å². The standard InChI is InChI=1S/C14H21FN2S/c1-10-8-11(15)6-7-13(10)14(17-16)9-18-12-4-2-3-5-12/h6-8,12,14,17H,2-5,9,16H2,1H3. The molecule has 1 unspecified atom stereocenters. The van der Waals surface area contributed by atoms with E-state index in [4.69, 9.17) is 5.84 Å². The van der Waals surface area contributed by atoms with Gasteiger partial charge in [0.1, 0.15) is 5.82 Å². The summed E-state index contributed by atoms with van der Waals surface area (Å²) >= 11 is 1.99. The first-order chi connectivity index (χ1) is 8.70. The van der Waals surface area contributed by atoms with Gasteiger partial charge in [0.25, 0.3) is 0 Å². The lowest BCUT2D eigenvalue weighted by molar-refractivity contribution is 0.596. The highest BCUT2D eigenvalue weighted by molar-refractivity contribution is 7.99. The zero-order valence-corrected chi connectivity index (χ0v) is 11.6. The first-order valence-electron chi connectivity index (χ1n) is 6.54. The van der Waals surface area contributed by atoms with E-state index >= 15 is 0 Å². The highest BCUT2D eigenvalue weighted by atomic mass is 32.2. The van der Waals surface area contributed by atoms with Gasteiger partial charge < -0.3 is 0 Å². The van der Waals surface area contributed by atoms with Crippen LogP contribution >= 0.6 is 11.8 Å². The fourth-order valence-electron chi connectivity index (χ4n) is 2.55. The van der Waals surface area contributed by atoms with Crippen molar-refractivity contribution < 1.29 is 4.39 Å². The predicted octanol–water partition coefficient (Wildman–Crippen LogP) is 3.31. The molecule has 0 spiro atoms. The Balaban J connectivity index is 1.98. The molecule has 1 fully saturated rings. The first kappa shape index (κ1) is 13.8. The topological polar surface area (TPSA) is 38.0 Å². The van der Waals surface area contributed by atoms with E-state index in [-0.39, 0.29) is 11.9 Å². The molecule has 18 heavy (non-hydrogen) atoms. The fourth-order valence-corrected chi connectivity index (χ4v) is 3.95. The predicted molar refractivity (Wildman–Crippen MR) is 75.9 cm³/mol. The second kappa shape index (κ2) is 6.55. The third-order valence-corrected chi connectivity index (χ3v) is 5.08. The quantitative estimate of drug-likeness (QED) is 0.635. The number of nitrogens with one attached hydrogen (secondary N) is 1. The van der Waals surface area contributed by atoms with E-state index in [1.807, 2.05) is 24.8 Å². The zero-order chi connectivity index (χ0) is 13.0. The van der Waals surface area contributed by atoms with E-state index in [1.54, 1.807) is 6.07 Å². The number of aryl methyl sites for hydroxylation is 1. The monoisotopic (exact) mass is 268 g/mol. The number of halogens is 1. The molecule has 1 aromatic rings. The van der Waals surface area contributed by atoms with Crippen LogP contribution in [-0.2, 0) is 0 Å². The van der Waals surface area contributed by atoms with Crippen LogP contribution in [0.1, 0.15) is 42.9 Å². The maximum atomic E-state index is 13.1. The minimum absolute atomic E-state index is 0.108. The molecule has 1 aromatic carbocycles. The van der Waals surface area contributed by atoms with Crippen molar-refractivity contribution in [2.24, 2.45) is 5.84 Å². The smallest absolute Gasteiger partial charge is 0.123 e. The number of hydrogen-bond acceptors (Lipinski definition) is 3. The summed E-state index contributed by atoms with van der Waals surface area (Å²) in [6.45, 7) is 1.93. The lowest BCUT2D eigenvalue weighted by Gasteiger charge is -2.20. The van der Waals surface area contributed by atoms with E-state index in [0.717, 1.165) is 22.1 Å². The third kappa shape index (κ3) is 3.46. The van der Waals surface area contributed by atoms with Crippen LogP contribution in [0.25, 0.3) is 0 Å². The Bertz CT molecular complexity index is 391. The molecule has 0 heterocycles. The Hall–Kier alpha value is -0.580. The highest BCUT2D eigenvalue weighted by Crippen LogP contribution is 2.32. The molecule has 1 atom stereocenters. The fraction of sp³-hybridized carbons (Fsp3) is 0.571. The highest BCUT2D eigenvalue weighted by Gasteiger charge is 2.19. The van der Waals surface area contributed by atoms with Crippen LogP contribution in [0.2, 0.25) is 0 Å². The maximum Gasteiger partial charge on any atom is 0.123 e. The van der Waals surface area contributed by atoms with Crippen molar-refractivity contribution in [2.45, 2.75) is 43.9 Å². The number of nitrogens with two attached hydrogens (primary N) is 1. The Morgan fingerprint density at radius 2 is 2.17 bits per heavy atom. The summed E-state index contributed by atoms with van der Waals surface area (Å²) in [5.74, 6) is 6.41. The van der Waals surface area contributed by atoms with E-state index in [0.29, 0.717) is 0 Å². The molecule has 1 aliphatic carbocycles. The zero-order valence-electron chi connectivity index (χ0n) is 10.8. The van der Waals surface area contributed by atoms with Crippen LogP contribution in [0.3, 0.4) is 0 Å². The van der Waals surface area contributed by atoms with Gasteiger partial charge in [-0.15, -0.1) is 0 Å². The van der Waals surface area contributed by atoms with E-state index in [9.17, 15) is 4.39 Å². The summed E-state index contributed by atoms with van der Waals surface area (Å²) in [6.07, 6.45) is 5.36. The van der Waals surface area contributed by atoms with Gasteiger partial charge in [0.2, 0.25) is 0 Å². The lowest BCUT2D eigenvalue weighted by atomic mass is 10.0. The van der Waals surface area contributed by atoms with Crippen LogP contribution in [-0.4, -0.2) is 11.0 Å². The molecule has 3 N–H and O–H groups in total. The summed E-state index contributed by atoms with van der Waals surface area (Å²) in [4.78, 5) is 0. The van der Waals surface area contributed by atoms with Gasteiger partial charge in [0.05, 0.1) is 6.04 Å². The average Bonchev–Trinajstić information content (AvgIpc) is 2.85. The molecule has 0 bridgehead atoms. The maximum absolute atomic E-state index is 13.1. The second-order valence-corrected chi connectivity index (χ2v) is 6.29. The van der Waals surface area contributed by atoms with Gasteiger partial charge in [-0.05, 0) is 43.0 Å². The van der Waals surface area contributed by atoms with Crippen molar-refractivity contribution >= 4 is 11.8 Å². The summed E-state index contributed by atoms with van der Waals surface area (Å²) < 4.78 is 13.1. The van der Waals surface area contributed by atoms with Gasteiger partial charge in [0.15, 0.2) is 0 Å². The summed E-state index contributed by atoms with van der Waals surface area (Å²) in [5.41, 5.74) is 4.92. The molecule has 0 aliphatic heterocycles. The molecule has 0 radical (unpaired) electrons. The van der Waals surface area contributed by atoms with Crippen molar-refractivity contribution in [2.75, 3.05) is 5.75 Å². The van der Waals surface area contributed by atoms with E-state index in [2.05, 4.69) is 5.43 Å². The SMILES string of the molecule is Cc1cc(F)ccc1C(CSC1CCCC1)NN. The van der Waals surface area contributed by atoms with Gasteiger partial charge >= 0.3 is 0 Å². The van der Waals surface area contributed by atoms with Crippen molar-refractivity contribution in [3.05, 3.63) is 35.1 Å². The Morgan fingerprint density at radius 3 is 2.78 bits per heavy atom. The summed E-state index contributed by atoms with van der Waals surface area (Å²) in [5, 5.41) is 0.779. The minimum Gasteiger partial charge on any atom is -0.271 e. The molecule has 1 saturated carbocycles. The van der Waals surface area contributed by atoms with Crippen molar-refractivity contribution in [1.82, 2.24) is 5.43 Å². The van der Waals surface area contributed by atoms with Crippen molar-refractivity contribution in [3.8, 4) is 0 Å². The molecule has 4 heteroatoms. The Kier molecular flexibility index (Phi) is 5.03. The summed E-state index contributed by atoms with van der Waals surface area (Å²) in [7, 11) is 0. The van der Waals surface area contributed by atoms with Crippen LogP contribution in [0.15, 0.2) is 18.2 Å². The number of hydrogen-bond donors (Lipinski definition) is 2. The van der Waals surface area contributed by atoms with Crippen LogP contribution in [0, 0.1) is 12.7 Å². The average molecular weight is 268 g/mol. The molecule has 100 valence electrons. The summed E-state index contributed by atoms with van der Waals surface area (Å²) in [6, 6.07) is 5.02. The van der Waals surface area contributed by atoms with Gasteiger partial charge in [-0.3, -0.25) is 11.3 Å². The first-order valence-corrected chi connectivity index (χ1v) is 7.59. The largest absolute Gasteiger partial charge is 0.271 e. The van der Waals surface area contributed by atoms with Crippen molar-refractivity contribution in [3.63, 3.8) is 0 Å². The van der Waals surface area contributed by atoms with Gasteiger partial charge in [-0.1, -0.05) is 18.9 Å². The van der Waals surface area contributed by atoms with Gasteiger partial charge in [-0.25, -0.2) is 4.39 Å². The number of benzene rings is 1. The molecule has 2 rings (SSSR count). The number of hydrazine groups is 1. The molecule has 0 amide bonds. The molecule has 2 nitrogen and oxygen atoms in total. The second-order valence-electron chi connectivity index (χ2n) is 4.96. The van der Waals surface area contributed by atoms with Crippen LogP contribution in [0.5, 0.6) is 0 Å². The van der Waals surface area contributed by atoms with E-state index in [1.165, 1.54) is 31.7 Å². The molecule has 0 saturated heterocycles. The number of rotatable bonds is 5.